The molecule has 158 valence electrons. The van der Waals surface area contributed by atoms with E-state index in [1.165, 1.54) is 11.8 Å². The standard InChI is InChI=1S/C23H22ClN5OS/c1-14-4-10-19(11-5-14)26-21(30)13-31-23-27-22-25-15(2)20(16(3)29(22)28-23)12-17-6-8-18(24)9-7-17/h4-11H,12-13H2,1-3H3,(H,26,30). The number of aromatic nitrogens is 4. The summed E-state index contributed by atoms with van der Waals surface area (Å²) in [6.07, 6.45) is 0.735. The molecule has 0 aliphatic heterocycles. The minimum absolute atomic E-state index is 0.100. The predicted octanol–water partition coefficient (Wildman–Crippen LogP) is 5.02. The molecule has 1 amide bonds. The van der Waals surface area contributed by atoms with Crippen LogP contribution in [0.4, 0.5) is 5.69 Å². The second-order valence-electron chi connectivity index (χ2n) is 7.37. The Morgan fingerprint density at radius 1 is 1.03 bits per heavy atom. The first-order chi connectivity index (χ1) is 14.9. The SMILES string of the molecule is Cc1ccc(NC(=O)CSc2nc3nc(C)c(Cc4ccc(Cl)cc4)c(C)n3n2)cc1. The van der Waals surface area contributed by atoms with Crippen LogP contribution in [0.1, 0.15) is 28.1 Å². The molecule has 0 atom stereocenters. The van der Waals surface area contributed by atoms with Crippen molar-refractivity contribution < 1.29 is 4.79 Å². The van der Waals surface area contributed by atoms with E-state index < -0.39 is 0 Å². The average Bonchev–Trinajstić information content (AvgIpc) is 3.16. The van der Waals surface area contributed by atoms with Crippen LogP contribution in [0.25, 0.3) is 5.78 Å². The zero-order chi connectivity index (χ0) is 22.0. The van der Waals surface area contributed by atoms with E-state index in [9.17, 15) is 4.79 Å². The lowest BCUT2D eigenvalue weighted by Gasteiger charge is -2.10. The van der Waals surface area contributed by atoms with Gasteiger partial charge in [0.15, 0.2) is 0 Å². The number of rotatable bonds is 6. The first kappa shape index (κ1) is 21.3. The Morgan fingerprint density at radius 3 is 2.45 bits per heavy atom. The molecule has 2 aromatic heterocycles. The van der Waals surface area contributed by atoms with Crippen molar-refractivity contribution in [1.29, 1.82) is 0 Å². The number of aryl methyl sites for hydroxylation is 3. The van der Waals surface area contributed by atoms with Crippen molar-refractivity contribution in [2.24, 2.45) is 0 Å². The lowest BCUT2D eigenvalue weighted by atomic mass is 10.0. The van der Waals surface area contributed by atoms with Crippen molar-refractivity contribution in [3.05, 3.63) is 81.6 Å². The van der Waals surface area contributed by atoms with Gasteiger partial charge in [-0.15, -0.1) is 5.10 Å². The highest BCUT2D eigenvalue weighted by Gasteiger charge is 2.15. The van der Waals surface area contributed by atoms with Crippen molar-refractivity contribution in [2.45, 2.75) is 32.3 Å². The Kier molecular flexibility index (Phi) is 6.25. The first-order valence-corrected chi connectivity index (χ1v) is 11.2. The van der Waals surface area contributed by atoms with Crippen LogP contribution in [-0.4, -0.2) is 31.2 Å². The maximum Gasteiger partial charge on any atom is 0.253 e. The van der Waals surface area contributed by atoms with Gasteiger partial charge in [-0.3, -0.25) is 4.79 Å². The van der Waals surface area contributed by atoms with Crippen LogP contribution >= 0.6 is 23.4 Å². The molecule has 0 bridgehead atoms. The van der Waals surface area contributed by atoms with E-state index in [0.717, 1.165) is 45.2 Å². The van der Waals surface area contributed by atoms with Crippen LogP contribution in [0.5, 0.6) is 0 Å². The van der Waals surface area contributed by atoms with E-state index >= 15 is 0 Å². The van der Waals surface area contributed by atoms with Crippen molar-refractivity contribution in [1.82, 2.24) is 19.6 Å². The predicted molar refractivity (Wildman–Crippen MR) is 125 cm³/mol. The molecule has 0 unspecified atom stereocenters. The Bertz CT molecular complexity index is 1240. The Hall–Kier alpha value is -2.90. The minimum Gasteiger partial charge on any atom is -0.325 e. The molecule has 0 saturated heterocycles. The third kappa shape index (κ3) is 5.06. The van der Waals surface area contributed by atoms with Crippen LogP contribution in [-0.2, 0) is 11.2 Å². The van der Waals surface area contributed by atoms with E-state index in [2.05, 4.69) is 20.4 Å². The molecule has 0 aliphatic carbocycles. The maximum absolute atomic E-state index is 12.3. The van der Waals surface area contributed by atoms with Gasteiger partial charge in [0.05, 0.1) is 5.75 Å². The number of anilines is 1. The van der Waals surface area contributed by atoms with Crippen molar-refractivity contribution in [3.63, 3.8) is 0 Å². The average molecular weight is 452 g/mol. The van der Waals surface area contributed by atoms with Gasteiger partial charge in [0.25, 0.3) is 5.78 Å². The molecular formula is C23H22ClN5OS. The zero-order valence-electron chi connectivity index (χ0n) is 17.5. The third-order valence-electron chi connectivity index (χ3n) is 4.99. The third-order valence-corrected chi connectivity index (χ3v) is 6.08. The van der Waals surface area contributed by atoms with Crippen LogP contribution in [0.15, 0.2) is 53.7 Å². The highest BCUT2D eigenvalue weighted by Crippen LogP contribution is 2.21. The number of hydrogen-bond acceptors (Lipinski definition) is 5. The van der Waals surface area contributed by atoms with E-state index in [1.54, 1.807) is 4.52 Å². The summed E-state index contributed by atoms with van der Waals surface area (Å²) in [7, 11) is 0. The quantitative estimate of drug-likeness (QED) is 0.416. The van der Waals surface area contributed by atoms with Crippen LogP contribution < -0.4 is 5.32 Å². The molecule has 4 rings (SSSR count). The highest BCUT2D eigenvalue weighted by molar-refractivity contribution is 7.99. The van der Waals surface area contributed by atoms with Gasteiger partial charge in [0.1, 0.15) is 0 Å². The number of carbonyl (C=O) groups is 1. The second-order valence-corrected chi connectivity index (χ2v) is 8.75. The summed E-state index contributed by atoms with van der Waals surface area (Å²) in [6.45, 7) is 6.00. The molecule has 8 heteroatoms. The summed E-state index contributed by atoms with van der Waals surface area (Å²) in [6, 6.07) is 15.5. The second kappa shape index (κ2) is 9.08. The molecule has 6 nitrogen and oxygen atoms in total. The number of halogens is 1. The number of benzene rings is 2. The Morgan fingerprint density at radius 2 is 1.74 bits per heavy atom. The van der Waals surface area contributed by atoms with Gasteiger partial charge in [0.2, 0.25) is 11.1 Å². The summed E-state index contributed by atoms with van der Waals surface area (Å²) >= 11 is 7.29. The molecule has 2 heterocycles. The first-order valence-electron chi connectivity index (χ1n) is 9.85. The topological polar surface area (TPSA) is 72.2 Å². The van der Waals surface area contributed by atoms with E-state index in [4.69, 9.17) is 11.6 Å². The number of hydrogen-bond donors (Lipinski definition) is 1. The van der Waals surface area contributed by atoms with Gasteiger partial charge < -0.3 is 5.32 Å². The maximum atomic E-state index is 12.3. The number of carbonyl (C=O) groups excluding carboxylic acids is 1. The van der Waals surface area contributed by atoms with Crippen LogP contribution in [0.3, 0.4) is 0 Å². The summed E-state index contributed by atoms with van der Waals surface area (Å²) in [4.78, 5) is 21.4. The number of nitrogens with one attached hydrogen (secondary N) is 1. The summed E-state index contributed by atoms with van der Waals surface area (Å²) in [5, 5.41) is 8.70. The van der Waals surface area contributed by atoms with Gasteiger partial charge >= 0.3 is 0 Å². The van der Waals surface area contributed by atoms with Gasteiger partial charge in [-0.2, -0.15) is 4.98 Å². The van der Waals surface area contributed by atoms with Gasteiger partial charge in [0, 0.05) is 28.5 Å². The number of thioether (sulfide) groups is 1. The molecule has 2 aromatic carbocycles. The number of fused-ring (bicyclic) bond motifs is 1. The van der Waals surface area contributed by atoms with Crippen LogP contribution in [0, 0.1) is 20.8 Å². The molecule has 4 aromatic rings. The lowest BCUT2D eigenvalue weighted by molar-refractivity contribution is -0.113. The largest absolute Gasteiger partial charge is 0.325 e. The molecule has 0 radical (unpaired) electrons. The minimum atomic E-state index is -0.100. The zero-order valence-corrected chi connectivity index (χ0v) is 19.1. The Labute approximate surface area is 190 Å². The van der Waals surface area contributed by atoms with Crippen molar-refractivity contribution in [2.75, 3.05) is 11.1 Å². The fraction of sp³-hybridized carbons (Fsp3) is 0.217. The Balaban J connectivity index is 1.48. The molecule has 0 fully saturated rings. The molecule has 31 heavy (non-hydrogen) atoms. The van der Waals surface area contributed by atoms with Gasteiger partial charge in [-0.1, -0.05) is 53.2 Å². The summed E-state index contributed by atoms with van der Waals surface area (Å²) in [5.74, 6) is 0.661. The van der Waals surface area contributed by atoms with Crippen LogP contribution in [0.2, 0.25) is 5.02 Å². The number of nitrogens with zero attached hydrogens (tertiary/aromatic N) is 4. The smallest absolute Gasteiger partial charge is 0.253 e. The highest BCUT2D eigenvalue weighted by atomic mass is 35.5. The molecule has 0 aliphatic rings. The summed E-state index contributed by atoms with van der Waals surface area (Å²) in [5.41, 5.74) is 6.09. The van der Waals surface area contributed by atoms with Crippen molar-refractivity contribution in [3.8, 4) is 0 Å². The van der Waals surface area contributed by atoms with E-state index in [0.29, 0.717) is 10.9 Å². The van der Waals surface area contributed by atoms with Crippen molar-refractivity contribution >= 4 is 40.7 Å². The van der Waals surface area contributed by atoms with E-state index in [1.807, 2.05) is 69.3 Å². The monoisotopic (exact) mass is 451 g/mol. The molecule has 1 N–H and O–H groups in total. The molecule has 0 saturated carbocycles. The fourth-order valence-electron chi connectivity index (χ4n) is 3.28. The fourth-order valence-corrected chi connectivity index (χ4v) is 4.02. The normalized spacial score (nSPS) is 11.1. The van der Waals surface area contributed by atoms with Gasteiger partial charge in [-0.05, 0) is 56.2 Å². The molecule has 0 spiro atoms. The molecular weight excluding hydrogens is 430 g/mol. The number of amides is 1. The van der Waals surface area contributed by atoms with E-state index in [-0.39, 0.29) is 11.7 Å². The van der Waals surface area contributed by atoms with Gasteiger partial charge in [-0.25, -0.2) is 9.50 Å². The lowest BCUT2D eigenvalue weighted by Crippen LogP contribution is -2.14. The summed E-state index contributed by atoms with van der Waals surface area (Å²) < 4.78 is 1.75.